The van der Waals surface area contributed by atoms with Gasteiger partial charge in [-0.1, -0.05) is 6.07 Å². The molecule has 1 aromatic carbocycles. The first-order valence-electron chi connectivity index (χ1n) is 9.30. The minimum absolute atomic E-state index is 0.547. The van der Waals surface area contributed by atoms with Gasteiger partial charge in [-0.3, -0.25) is 4.99 Å². The van der Waals surface area contributed by atoms with E-state index in [9.17, 15) is 0 Å². The lowest BCUT2D eigenvalue weighted by atomic mass is 10.2. The van der Waals surface area contributed by atoms with Gasteiger partial charge in [0.05, 0.1) is 27.0 Å². The van der Waals surface area contributed by atoms with Gasteiger partial charge >= 0.3 is 0 Å². The predicted molar refractivity (Wildman–Crippen MR) is 115 cm³/mol. The van der Waals surface area contributed by atoms with Crippen molar-refractivity contribution in [3.8, 4) is 17.2 Å². The number of benzene rings is 1. The molecule has 0 saturated carbocycles. The lowest BCUT2D eigenvalue weighted by Crippen LogP contribution is -2.32. The number of aryl methyl sites for hydroxylation is 1. The second-order valence-electron chi connectivity index (χ2n) is 6.44. The van der Waals surface area contributed by atoms with E-state index in [1.54, 1.807) is 28.4 Å². The molecule has 0 atom stereocenters. The number of nitrogens with one attached hydrogen (secondary N) is 2. The molecule has 0 unspecified atom stereocenters. The molecule has 8 nitrogen and oxygen atoms in total. The third-order valence-corrected chi connectivity index (χ3v) is 4.55. The number of rotatable bonds is 7. The third-order valence-electron chi connectivity index (χ3n) is 4.55. The van der Waals surface area contributed by atoms with E-state index in [0.29, 0.717) is 29.8 Å². The van der Waals surface area contributed by atoms with Gasteiger partial charge in [0.15, 0.2) is 17.5 Å². The van der Waals surface area contributed by atoms with E-state index in [1.165, 1.54) is 0 Å². The number of aliphatic imine (C=N–C) groups is 1. The smallest absolute Gasteiger partial charge is 0.203 e. The monoisotopic (exact) mass is 397 g/mol. The lowest BCUT2D eigenvalue weighted by Gasteiger charge is -2.16. The van der Waals surface area contributed by atoms with Crippen LogP contribution in [-0.4, -0.2) is 50.3 Å². The predicted octanol–water partition coefficient (Wildman–Crippen LogP) is 2.90. The number of fused-ring (bicyclic) bond motifs is 1. The Morgan fingerprint density at radius 3 is 2.45 bits per heavy atom. The Morgan fingerprint density at radius 1 is 1.14 bits per heavy atom. The van der Waals surface area contributed by atoms with Crippen LogP contribution in [0.25, 0.3) is 5.65 Å². The van der Waals surface area contributed by atoms with E-state index in [-0.39, 0.29) is 0 Å². The molecule has 154 valence electrons. The molecule has 29 heavy (non-hydrogen) atoms. The molecule has 2 heterocycles. The minimum atomic E-state index is 0.547. The molecule has 0 aliphatic carbocycles. The summed E-state index contributed by atoms with van der Waals surface area (Å²) >= 11 is 0. The summed E-state index contributed by atoms with van der Waals surface area (Å²) in [6.07, 6.45) is 4.84. The molecule has 0 fully saturated rings. The Kier molecular flexibility index (Phi) is 6.43. The van der Waals surface area contributed by atoms with Crippen molar-refractivity contribution < 1.29 is 14.2 Å². The fourth-order valence-electron chi connectivity index (χ4n) is 3.10. The fourth-order valence-corrected chi connectivity index (χ4v) is 3.10. The van der Waals surface area contributed by atoms with E-state index in [1.807, 2.05) is 28.8 Å². The van der Waals surface area contributed by atoms with E-state index < -0.39 is 0 Å². The normalized spacial score (nSPS) is 11.4. The maximum absolute atomic E-state index is 5.40. The van der Waals surface area contributed by atoms with Crippen LogP contribution in [0.3, 0.4) is 0 Å². The van der Waals surface area contributed by atoms with Crippen LogP contribution in [0.4, 0.5) is 5.69 Å². The van der Waals surface area contributed by atoms with Crippen LogP contribution >= 0.6 is 0 Å². The Labute approximate surface area is 170 Å². The first kappa shape index (κ1) is 20.3. The standard InChI is InChI=1S/C21H27N5O3/c1-14-7-6-10-26-13-15(24-20(14)26)8-9-23-21(22-2)25-16-11-17(27-3)19(29-5)18(12-16)28-4/h6-7,10-13H,8-9H2,1-5H3,(H2,22,23,25). The highest BCUT2D eigenvalue weighted by atomic mass is 16.5. The molecular weight excluding hydrogens is 370 g/mol. The quantitative estimate of drug-likeness (QED) is 0.471. The van der Waals surface area contributed by atoms with Crippen LogP contribution in [0.15, 0.2) is 41.7 Å². The Balaban J connectivity index is 1.65. The van der Waals surface area contributed by atoms with Crippen LogP contribution in [0.5, 0.6) is 17.2 Å². The topological polar surface area (TPSA) is 81.4 Å². The van der Waals surface area contributed by atoms with Crippen molar-refractivity contribution in [1.29, 1.82) is 0 Å². The number of guanidine groups is 1. The zero-order valence-electron chi connectivity index (χ0n) is 17.4. The van der Waals surface area contributed by atoms with Crippen molar-refractivity contribution in [1.82, 2.24) is 14.7 Å². The number of methoxy groups -OCH3 is 3. The SMILES string of the molecule is CN=C(NCCc1cn2cccc(C)c2n1)Nc1cc(OC)c(OC)c(OC)c1. The van der Waals surface area contributed by atoms with Crippen molar-refractivity contribution >= 4 is 17.3 Å². The number of aromatic nitrogens is 2. The zero-order valence-corrected chi connectivity index (χ0v) is 17.4. The number of hydrogen-bond acceptors (Lipinski definition) is 5. The molecule has 0 saturated heterocycles. The van der Waals surface area contributed by atoms with Gasteiger partial charge in [0.1, 0.15) is 5.65 Å². The molecule has 3 aromatic rings. The molecule has 0 amide bonds. The number of imidazole rings is 1. The number of nitrogens with zero attached hydrogens (tertiary/aromatic N) is 3. The van der Waals surface area contributed by atoms with Crippen molar-refractivity contribution in [2.24, 2.45) is 4.99 Å². The average Bonchev–Trinajstić information content (AvgIpc) is 3.16. The van der Waals surface area contributed by atoms with Gasteiger partial charge in [0, 0.05) is 50.2 Å². The summed E-state index contributed by atoms with van der Waals surface area (Å²) in [5, 5.41) is 6.55. The van der Waals surface area contributed by atoms with Gasteiger partial charge in [0.2, 0.25) is 5.75 Å². The summed E-state index contributed by atoms with van der Waals surface area (Å²) in [5.41, 5.74) is 3.94. The molecule has 8 heteroatoms. The van der Waals surface area contributed by atoms with Gasteiger partial charge in [-0.2, -0.15) is 0 Å². The minimum Gasteiger partial charge on any atom is -0.493 e. The number of anilines is 1. The molecule has 3 rings (SSSR count). The summed E-state index contributed by atoms with van der Waals surface area (Å²) in [6, 6.07) is 7.75. The van der Waals surface area contributed by atoms with Crippen LogP contribution in [0.2, 0.25) is 0 Å². The van der Waals surface area contributed by atoms with Crippen molar-refractivity contribution in [3.63, 3.8) is 0 Å². The highest BCUT2D eigenvalue weighted by molar-refractivity contribution is 5.94. The van der Waals surface area contributed by atoms with E-state index >= 15 is 0 Å². The summed E-state index contributed by atoms with van der Waals surface area (Å²) in [7, 11) is 6.48. The van der Waals surface area contributed by atoms with E-state index in [2.05, 4.69) is 34.8 Å². The van der Waals surface area contributed by atoms with Gasteiger partial charge in [-0.25, -0.2) is 4.98 Å². The summed E-state index contributed by atoms with van der Waals surface area (Å²) in [4.78, 5) is 8.98. The van der Waals surface area contributed by atoms with E-state index in [0.717, 1.165) is 29.0 Å². The molecule has 0 bridgehead atoms. The molecule has 0 aliphatic heterocycles. The third kappa shape index (κ3) is 4.53. The highest BCUT2D eigenvalue weighted by Crippen LogP contribution is 2.39. The van der Waals surface area contributed by atoms with Crippen LogP contribution in [-0.2, 0) is 6.42 Å². The molecule has 2 N–H and O–H groups in total. The first-order valence-corrected chi connectivity index (χ1v) is 9.30. The molecule has 0 spiro atoms. The van der Waals surface area contributed by atoms with E-state index in [4.69, 9.17) is 19.2 Å². The molecule has 0 radical (unpaired) electrons. The van der Waals surface area contributed by atoms with Crippen LogP contribution in [0, 0.1) is 6.92 Å². The molecular formula is C21H27N5O3. The summed E-state index contributed by atoms with van der Waals surface area (Å²) in [5.74, 6) is 2.33. The first-order chi connectivity index (χ1) is 14.1. The zero-order chi connectivity index (χ0) is 20.8. The number of pyridine rings is 1. The Morgan fingerprint density at radius 2 is 1.86 bits per heavy atom. The largest absolute Gasteiger partial charge is 0.493 e. The molecule has 0 aliphatic rings. The Hall–Kier alpha value is -3.42. The van der Waals surface area contributed by atoms with Gasteiger partial charge in [-0.15, -0.1) is 0 Å². The summed E-state index contributed by atoms with van der Waals surface area (Å²) in [6.45, 7) is 2.75. The number of ether oxygens (including phenoxy) is 3. The highest BCUT2D eigenvalue weighted by Gasteiger charge is 2.14. The van der Waals surface area contributed by atoms with Crippen molar-refractivity contribution in [2.75, 3.05) is 40.2 Å². The maximum Gasteiger partial charge on any atom is 0.203 e. The van der Waals surface area contributed by atoms with Crippen molar-refractivity contribution in [2.45, 2.75) is 13.3 Å². The molecule has 2 aromatic heterocycles. The van der Waals surface area contributed by atoms with Crippen molar-refractivity contribution in [3.05, 3.63) is 47.9 Å². The maximum atomic E-state index is 5.40. The lowest BCUT2D eigenvalue weighted by molar-refractivity contribution is 0.324. The van der Waals surface area contributed by atoms with Crippen LogP contribution in [0.1, 0.15) is 11.3 Å². The summed E-state index contributed by atoms with van der Waals surface area (Å²) < 4.78 is 18.2. The second kappa shape index (κ2) is 9.18. The Bertz CT molecular complexity index is 988. The van der Waals surface area contributed by atoms with Gasteiger partial charge in [-0.05, 0) is 18.6 Å². The van der Waals surface area contributed by atoms with Crippen LogP contribution < -0.4 is 24.8 Å². The second-order valence-corrected chi connectivity index (χ2v) is 6.44. The van der Waals surface area contributed by atoms with Gasteiger partial charge < -0.3 is 29.2 Å². The van der Waals surface area contributed by atoms with Gasteiger partial charge in [0.25, 0.3) is 0 Å². The average molecular weight is 397 g/mol. The number of hydrogen-bond donors (Lipinski definition) is 2. The fraction of sp³-hybridized carbons (Fsp3) is 0.333.